The van der Waals surface area contributed by atoms with Gasteiger partial charge in [0.25, 0.3) is 0 Å². The molecule has 1 fully saturated rings. The standard InChI is InChI=1S/C13H13FN2O3/c1-18-11-3-2-9(4-10(11)14)5-16-12(17)13(6-15)7-19-8-13/h2-4H,5,7-8H2,1H3,(H,16,17). The lowest BCUT2D eigenvalue weighted by Crippen LogP contribution is -2.52. The molecule has 1 saturated heterocycles. The highest BCUT2D eigenvalue weighted by molar-refractivity contribution is 5.86. The van der Waals surface area contributed by atoms with Gasteiger partial charge in [-0.2, -0.15) is 5.26 Å². The van der Waals surface area contributed by atoms with E-state index in [1.807, 2.05) is 6.07 Å². The normalized spacial score (nSPS) is 16.1. The second kappa shape index (κ2) is 5.24. The Labute approximate surface area is 109 Å². The first-order chi connectivity index (χ1) is 9.11. The van der Waals surface area contributed by atoms with Crippen molar-refractivity contribution in [3.05, 3.63) is 29.6 Å². The van der Waals surface area contributed by atoms with E-state index in [-0.39, 0.29) is 25.5 Å². The van der Waals surface area contributed by atoms with Gasteiger partial charge in [0.2, 0.25) is 5.91 Å². The number of hydrogen-bond acceptors (Lipinski definition) is 4. The lowest BCUT2D eigenvalue weighted by molar-refractivity contribution is -0.150. The topological polar surface area (TPSA) is 71.3 Å². The van der Waals surface area contributed by atoms with Gasteiger partial charge in [0.15, 0.2) is 17.0 Å². The second-order valence-electron chi connectivity index (χ2n) is 4.34. The van der Waals surface area contributed by atoms with E-state index in [0.29, 0.717) is 5.56 Å². The number of amides is 1. The van der Waals surface area contributed by atoms with Gasteiger partial charge in [-0.3, -0.25) is 4.79 Å². The van der Waals surface area contributed by atoms with E-state index in [1.165, 1.54) is 19.2 Å². The molecule has 1 aliphatic rings. The predicted octanol–water partition coefficient (Wildman–Crippen LogP) is 0.991. The third-order valence-corrected chi connectivity index (χ3v) is 3.01. The summed E-state index contributed by atoms with van der Waals surface area (Å²) in [5, 5.41) is 11.6. The summed E-state index contributed by atoms with van der Waals surface area (Å²) in [6, 6.07) is 6.38. The van der Waals surface area contributed by atoms with Crippen molar-refractivity contribution in [3.8, 4) is 11.8 Å². The fourth-order valence-corrected chi connectivity index (χ4v) is 1.72. The smallest absolute Gasteiger partial charge is 0.245 e. The van der Waals surface area contributed by atoms with Crippen molar-refractivity contribution in [2.24, 2.45) is 5.41 Å². The number of nitriles is 1. The van der Waals surface area contributed by atoms with Gasteiger partial charge in [-0.25, -0.2) is 4.39 Å². The number of methoxy groups -OCH3 is 1. The van der Waals surface area contributed by atoms with Gasteiger partial charge in [0.1, 0.15) is 0 Å². The van der Waals surface area contributed by atoms with E-state index in [0.717, 1.165) is 0 Å². The predicted molar refractivity (Wildman–Crippen MR) is 63.7 cm³/mol. The molecule has 0 aliphatic carbocycles. The zero-order valence-corrected chi connectivity index (χ0v) is 10.4. The maximum absolute atomic E-state index is 13.4. The molecule has 1 N–H and O–H groups in total. The average molecular weight is 264 g/mol. The Hall–Kier alpha value is -2.13. The number of carbonyl (C=O) groups is 1. The van der Waals surface area contributed by atoms with Gasteiger partial charge in [-0.15, -0.1) is 0 Å². The van der Waals surface area contributed by atoms with E-state index in [1.54, 1.807) is 6.07 Å². The second-order valence-corrected chi connectivity index (χ2v) is 4.34. The van der Waals surface area contributed by atoms with Crippen LogP contribution in [0.15, 0.2) is 18.2 Å². The molecule has 0 spiro atoms. The number of ether oxygens (including phenoxy) is 2. The molecule has 1 heterocycles. The number of rotatable bonds is 4. The summed E-state index contributed by atoms with van der Waals surface area (Å²) >= 11 is 0. The quantitative estimate of drug-likeness (QED) is 0.880. The molecule has 5 nitrogen and oxygen atoms in total. The lowest BCUT2D eigenvalue weighted by atomic mass is 9.87. The molecule has 0 bridgehead atoms. The molecule has 0 atom stereocenters. The van der Waals surface area contributed by atoms with E-state index in [2.05, 4.69) is 5.32 Å². The van der Waals surface area contributed by atoms with Crippen molar-refractivity contribution in [2.75, 3.05) is 20.3 Å². The molecular weight excluding hydrogens is 251 g/mol. The molecule has 0 unspecified atom stereocenters. The van der Waals surface area contributed by atoms with Gasteiger partial charge in [0, 0.05) is 6.54 Å². The van der Waals surface area contributed by atoms with Crippen molar-refractivity contribution in [1.82, 2.24) is 5.32 Å². The first-order valence-electron chi connectivity index (χ1n) is 5.71. The maximum atomic E-state index is 13.4. The molecule has 2 rings (SSSR count). The molecule has 0 aromatic heterocycles. The first kappa shape index (κ1) is 13.3. The van der Waals surface area contributed by atoms with Gasteiger partial charge in [0.05, 0.1) is 26.4 Å². The van der Waals surface area contributed by atoms with Crippen molar-refractivity contribution in [1.29, 1.82) is 5.26 Å². The summed E-state index contributed by atoms with van der Waals surface area (Å²) < 4.78 is 23.1. The molecule has 1 aromatic carbocycles. The summed E-state index contributed by atoms with van der Waals surface area (Å²) in [5.74, 6) is -0.732. The van der Waals surface area contributed by atoms with E-state index < -0.39 is 17.1 Å². The van der Waals surface area contributed by atoms with Crippen LogP contribution in [0.2, 0.25) is 0 Å². The maximum Gasteiger partial charge on any atom is 0.245 e. The SMILES string of the molecule is COc1ccc(CNC(=O)C2(C#N)COC2)cc1F. The Morgan fingerprint density at radius 3 is 2.84 bits per heavy atom. The molecule has 100 valence electrons. The monoisotopic (exact) mass is 264 g/mol. The number of benzene rings is 1. The molecule has 19 heavy (non-hydrogen) atoms. The fraction of sp³-hybridized carbons (Fsp3) is 0.385. The summed E-state index contributed by atoms with van der Waals surface area (Å²) in [4.78, 5) is 11.8. The minimum Gasteiger partial charge on any atom is -0.494 e. The minimum atomic E-state index is -1.09. The molecule has 1 aromatic rings. The zero-order valence-electron chi connectivity index (χ0n) is 10.4. The summed E-state index contributed by atoms with van der Waals surface area (Å²) in [6.07, 6.45) is 0. The third kappa shape index (κ3) is 2.51. The average Bonchev–Trinajstić information content (AvgIpc) is 2.36. The Morgan fingerprint density at radius 2 is 2.37 bits per heavy atom. The van der Waals surface area contributed by atoms with Crippen LogP contribution in [0.3, 0.4) is 0 Å². The van der Waals surface area contributed by atoms with Crippen molar-refractivity contribution in [3.63, 3.8) is 0 Å². The van der Waals surface area contributed by atoms with Crippen LogP contribution in [0.1, 0.15) is 5.56 Å². The number of hydrogen-bond donors (Lipinski definition) is 1. The van der Waals surface area contributed by atoms with E-state index in [9.17, 15) is 9.18 Å². The van der Waals surface area contributed by atoms with Gasteiger partial charge in [-0.05, 0) is 17.7 Å². The summed E-state index contributed by atoms with van der Waals surface area (Å²) in [5.41, 5.74) is -0.495. The van der Waals surface area contributed by atoms with Gasteiger partial charge >= 0.3 is 0 Å². The van der Waals surface area contributed by atoms with Crippen LogP contribution in [-0.4, -0.2) is 26.2 Å². The van der Waals surface area contributed by atoms with Crippen LogP contribution < -0.4 is 10.1 Å². The molecule has 1 amide bonds. The molecule has 6 heteroatoms. The Balaban J connectivity index is 1.98. The third-order valence-electron chi connectivity index (χ3n) is 3.01. The van der Waals surface area contributed by atoms with Gasteiger partial charge in [-0.1, -0.05) is 6.07 Å². The first-order valence-corrected chi connectivity index (χ1v) is 5.71. The Morgan fingerprint density at radius 1 is 1.63 bits per heavy atom. The number of nitrogens with one attached hydrogen (secondary N) is 1. The van der Waals surface area contributed by atoms with E-state index >= 15 is 0 Å². The largest absolute Gasteiger partial charge is 0.494 e. The number of nitrogens with zero attached hydrogens (tertiary/aromatic N) is 1. The van der Waals surface area contributed by atoms with Crippen molar-refractivity contribution < 1.29 is 18.7 Å². The van der Waals surface area contributed by atoms with Crippen LogP contribution in [0.4, 0.5) is 4.39 Å². The summed E-state index contributed by atoms with van der Waals surface area (Å²) in [6.45, 7) is 0.363. The minimum absolute atomic E-state index is 0.103. The molecule has 0 saturated carbocycles. The van der Waals surface area contributed by atoms with Crippen molar-refractivity contribution >= 4 is 5.91 Å². The van der Waals surface area contributed by atoms with Gasteiger partial charge < -0.3 is 14.8 Å². The highest BCUT2D eigenvalue weighted by Crippen LogP contribution is 2.26. The molecule has 0 radical (unpaired) electrons. The zero-order chi connectivity index (χ0) is 13.9. The fourth-order valence-electron chi connectivity index (χ4n) is 1.72. The Kier molecular flexibility index (Phi) is 3.67. The van der Waals surface area contributed by atoms with Crippen LogP contribution in [-0.2, 0) is 16.1 Å². The van der Waals surface area contributed by atoms with E-state index in [4.69, 9.17) is 14.7 Å². The highest BCUT2D eigenvalue weighted by Gasteiger charge is 2.46. The number of halogens is 1. The molecule has 1 aliphatic heterocycles. The molecular formula is C13H13FN2O3. The van der Waals surface area contributed by atoms with Crippen molar-refractivity contribution in [2.45, 2.75) is 6.54 Å². The Bertz CT molecular complexity index is 535. The highest BCUT2D eigenvalue weighted by atomic mass is 19.1. The van der Waals surface area contributed by atoms with Crippen LogP contribution in [0, 0.1) is 22.6 Å². The van der Waals surface area contributed by atoms with Crippen LogP contribution >= 0.6 is 0 Å². The van der Waals surface area contributed by atoms with Crippen LogP contribution in [0.5, 0.6) is 5.75 Å². The summed E-state index contributed by atoms with van der Waals surface area (Å²) in [7, 11) is 1.38. The lowest BCUT2D eigenvalue weighted by Gasteiger charge is -2.33. The number of carbonyl (C=O) groups excluding carboxylic acids is 1. The van der Waals surface area contributed by atoms with Crippen LogP contribution in [0.25, 0.3) is 0 Å².